The van der Waals surface area contributed by atoms with Gasteiger partial charge in [0.15, 0.2) is 0 Å². The third-order valence-corrected chi connectivity index (χ3v) is 5.77. The largest absolute Gasteiger partial charge is 0.442 e. The number of aryl methyl sites for hydroxylation is 1. The number of rotatable bonds is 4. The van der Waals surface area contributed by atoms with E-state index >= 15 is 0 Å². The van der Waals surface area contributed by atoms with E-state index in [1.54, 1.807) is 49.4 Å². The van der Waals surface area contributed by atoms with Gasteiger partial charge in [-0.25, -0.2) is 4.99 Å². The Hall–Kier alpha value is -3.16. The molecular weight excluding hydrogens is 407 g/mol. The molecule has 1 N–H and O–H groups in total. The number of carbonyl (C=O) groups is 2. The fraction of sp³-hybridized carbons (Fsp3) is 0.348. The van der Waals surface area contributed by atoms with Gasteiger partial charge in [-0.05, 0) is 31.9 Å². The number of halogens is 3. The Bertz CT molecular complexity index is 1010. The minimum atomic E-state index is -5.11. The average Bonchev–Trinajstić information content (AvgIpc) is 3.36. The lowest BCUT2D eigenvalue weighted by atomic mass is 10.1. The van der Waals surface area contributed by atoms with Gasteiger partial charge in [-0.1, -0.05) is 60.9 Å². The molecule has 8 heteroatoms. The molecule has 1 heterocycles. The van der Waals surface area contributed by atoms with Crippen molar-refractivity contribution in [2.24, 2.45) is 4.99 Å². The number of nitrogens with zero attached hydrogens (tertiary/aromatic N) is 2. The second-order valence-corrected chi connectivity index (χ2v) is 7.94. The second kappa shape index (κ2) is 7.83. The number of carbonyl (C=O) groups excluding carboxylic acids is 2. The normalized spacial score (nSPS) is 22.0. The van der Waals surface area contributed by atoms with Crippen LogP contribution in [-0.4, -0.2) is 40.4 Å². The third kappa shape index (κ3) is 3.71. The van der Waals surface area contributed by atoms with Crippen LogP contribution in [0, 0.1) is 6.92 Å². The van der Waals surface area contributed by atoms with Crippen LogP contribution in [0.2, 0.25) is 0 Å². The Morgan fingerprint density at radius 1 is 1.06 bits per heavy atom. The van der Waals surface area contributed by atoms with Crippen LogP contribution in [0.5, 0.6) is 0 Å². The van der Waals surface area contributed by atoms with Gasteiger partial charge in [-0.2, -0.15) is 13.2 Å². The molecule has 1 atom stereocenters. The summed E-state index contributed by atoms with van der Waals surface area (Å²) in [5, 5.41) is 1.93. The second-order valence-electron chi connectivity index (χ2n) is 7.94. The van der Waals surface area contributed by atoms with Gasteiger partial charge in [0.25, 0.3) is 11.8 Å². The summed E-state index contributed by atoms with van der Waals surface area (Å²) in [5.74, 6) is -2.32. The standard InChI is InChI=1S/C23H22F3N3O2/c1-15-11-13-17(14-12-15)20(30)28-22(23(24,25)26)21(31)29(18-9-5-6-10-18)19(27-22)16-7-3-2-4-8-16/h2-4,7-8,11-14,18H,5-6,9-10H2,1H3,(H,28,30)/t22-/m1/s1. The summed E-state index contributed by atoms with van der Waals surface area (Å²) in [5.41, 5.74) is -2.07. The molecule has 0 aromatic heterocycles. The lowest BCUT2D eigenvalue weighted by Crippen LogP contribution is -2.64. The van der Waals surface area contributed by atoms with Crippen molar-refractivity contribution in [3.8, 4) is 0 Å². The van der Waals surface area contributed by atoms with Gasteiger partial charge in [0, 0.05) is 17.2 Å². The lowest BCUT2D eigenvalue weighted by Gasteiger charge is -2.31. The van der Waals surface area contributed by atoms with Crippen molar-refractivity contribution in [2.75, 3.05) is 0 Å². The lowest BCUT2D eigenvalue weighted by molar-refractivity contribution is -0.196. The highest BCUT2D eigenvalue weighted by molar-refractivity contribution is 6.17. The van der Waals surface area contributed by atoms with Crippen LogP contribution in [0.4, 0.5) is 13.2 Å². The zero-order valence-corrected chi connectivity index (χ0v) is 16.9. The van der Waals surface area contributed by atoms with Crippen molar-refractivity contribution in [2.45, 2.75) is 50.5 Å². The first-order chi connectivity index (χ1) is 14.7. The number of hydrogen-bond donors (Lipinski definition) is 1. The maximum absolute atomic E-state index is 14.4. The van der Waals surface area contributed by atoms with E-state index in [9.17, 15) is 22.8 Å². The summed E-state index contributed by atoms with van der Waals surface area (Å²) in [6.07, 6.45) is -2.27. The van der Waals surface area contributed by atoms with Crippen LogP contribution in [0.25, 0.3) is 0 Å². The van der Waals surface area contributed by atoms with Crippen molar-refractivity contribution in [3.63, 3.8) is 0 Å². The van der Waals surface area contributed by atoms with Crippen LogP contribution in [-0.2, 0) is 4.79 Å². The summed E-state index contributed by atoms with van der Waals surface area (Å²) in [6.45, 7) is 1.80. The van der Waals surface area contributed by atoms with E-state index in [-0.39, 0.29) is 17.4 Å². The van der Waals surface area contributed by atoms with Crippen LogP contribution in [0.3, 0.4) is 0 Å². The summed E-state index contributed by atoms with van der Waals surface area (Å²) in [4.78, 5) is 31.1. The predicted octanol–water partition coefficient (Wildman–Crippen LogP) is 4.22. The minimum absolute atomic E-state index is 0.0257. The Balaban J connectivity index is 1.80. The number of aliphatic imine (C=N–C) groups is 1. The van der Waals surface area contributed by atoms with E-state index in [0.717, 1.165) is 23.3 Å². The van der Waals surface area contributed by atoms with E-state index < -0.39 is 23.7 Å². The molecule has 31 heavy (non-hydrogen) atoms. The Morgan fingerprint density at radius 2 is 1.68 bits per heavy atom. The Morgan fingerprint density at radius 3 is 2.26 bits per heavy atom. The molecule has 0 unspecified atom stereocenters. The summed E-state index contributed by atoms with van der Waals surface area (Å²) < 4.78 is 43.2. The van der Waals surface area contributed by atoms with Crippen molar-refractivity contribution >= 4 is 17.6 Å². The first-order valence-electron chi connectivity index (χ1n) is 10.2. The molecule has 0 radical (unpaired) electrons. The van der Waals surface area contributed by atoms with Gasteiger partial charge >= 0.3 is 11.8 Å². The van der Waals surface area contributed by atoms with Gasteiger partial charge in [0.2, 0.25) is 0 Å². The molecule has 5 nitrogen and oxygen atoms in total. The molecule has 0 saturated heterocycles. The molecular formula is C23H22F3N3O2. The monoisotopic (exact) mass is 429 g/mol. The van der Waals surface area contributed by atoms with E-state index in [1.807, 2.05) is 5.32 Å². The molecule has 2 amide bonds. The van der Waals surface area contributed by atoms with Crippen LogP contribution >= 0.6 is 0 Å². The molecule has 2 aromatic rings. The molecule has 1 saturated carbocycles. The van der Waals surface area contributed by atoms with Gasteiger partial charge in [-0.3, -0.25) is 14.5 Å². The molecule has 1 aliphatic heterocycles. The number of nitrogens with one attached hydrogen (secondary N) is 1. The van der Waals surface area contributed by atoms with Crippen LogP contribution in [0.15, 0.2) is 59.6 Å². The van der Waals surface area contributed by atoms with E-state index in [1.165, 1.54) is 12.1 Å². The first kappa shape index (κ1) is 21.1. The van der Waals surface area contributed by atoms with Gasteiger partial charge in [0.1, 0.15) is 5.84 Å². The van der Waals surface area contributed by atoms with E-state index in [4.69, 9.17) is 0 Å². The fourth-order valence-electron chi connectivity index (χ4n) is 4.10. The first-order valence-corrected chi connectivity index (χ1v) is 10.2. The molecule has 4 rings (SSSR count). The van der Waals surface area contributed by atoms with Crippen LogP contribution in [0.1, 0.15) is 47.2 Å². The van der Waals surface area contributed by atoms with Crippen molar-refractivity contribution in [3.05, 3.63) is 71.3 Å². The number of benzene rings is 2. The number of amides is 2. The van der Waals surface area contributed by atoms with E-state index in [0.29, 0.717) is 18.4 Å². The van der Waals surface area contributed by atoms with Crippen molar-refractivity contribution < 1.29 is 22.8 Å². The average molecular weight is 429 g/mol. The van der Waals surface area contributed by atoms with E-state index in [2.05, 4.69) is 4.99 Å². The highest BCUT2D eigenvalue weighted by Crippen LogP contribution is 2.41. The van der Waals surface area contributed by atoms with Crippen molar-refractivity contribution in [1.82, 2.24) is 10.2 Å². The third-order valence-electron chi connectivity index (χ3n) is 5.77. The minimum Gasteiger partial charge on any atom is -0.312 e. The maximum atomic E-state index is 14.4. The van der Waals surface area contributed by atoms with Crippen molar-refractivity contribution in [1.29, 1.82) is 0 Å². The fourth-order valence-corrected chi connectivity index (χ4v) is 4.10. The molecule has 1 fully saturated rings. The summed E-state index contributed by atoms with van der Waals surface area (Å²) in [7, 11) is 0. The highest BCUT2D eigenvalue weighted by Gasteiger charge is 2.68. The zero-order valence-electron chi connectivity index (χ0n) is 16.9. The number of amidine groups is 1. The molecule has 2 aromatic carbocycles. The number of alkyl halides is 3. The highest BCUT2D eigenvalue weighted by atomic mass is 19.4. The SMILES string of the molecule is Cc1ccc(C(=O)N[C@]2(C(F)(F)F)N=C(c3ccccc3)N(C3CCCC3)C2=O)cc1. The molecule has 0 bridgehead atoms. The van der Waals surface area contributed by atoms with Gasteiger partial charge < -0.3 is 5.32 Å². The van der Waals surface area contributed by atoms with Crippen LogP contribution < -0.4 is 5.32 Å². The summed E-state index contributed by atoms with van der Waals surface area (Å²) in [6, 6.07) is 14.0. The quantitative estimate of drug-likeness (QED) is 0.791. The Kier molecular flexibility index (Phi) is 5.33. The maximum Gasteiger partial charge on any atom is 0.442 e. The Labute approximate surface area is 178 Å². The molecule has 0 spiro atoms. The number of hydrogen-bond acceptors (Lipinski definition) is 3. The molecule has 2 aliphatic rings. The zero-order chi connectivity index (χ0) is 22.2. The van der Waals surface area contributed by atoms with Gasteiger partial charge in [0.05, 0.1) is 0 Å². The summed E-state index contributed by atoms with van der Waals surface area (Å²) >= 11 is 0. The predicted molar refractivity (Wildman–Crippen MR) is 110 cm³/mol. The molecule has 162 valence electrons. The topological polar surface area (TPSA) is 61.8 Å². The van der Waals surface area contributed by atoms with Gasteiger partial charge in [-0.15, -0.1) is 0 Å². The smallest absolute Gasteiger partial charge is 0.312 e. The molecule has 1 aliphatic carbocycles.